The summed E-state index contributed by atoms with van der Waals surface area (Å²) in [6.07, 6.45) is 4.53. The molecule has 26 heavy (non-hydrogen) atoms. The molecule has 0 saturated heterocycles. The van der Waals surface area contributed by atoms with E-state index < -0.39 is 4.92 Å². The number of unbranched alkanes of at least 4 members (excludes halogenated alkanes) is 3. The second kappa shape index (κ2) is 9.77. The Labute approximate surface area is 157 Å². The summed E-state index contributed by atoms with van der Waals surface area (Å²) in [4.78, 5) is 22.6. The molecule has 7 heteroatoms. The molecule has 0 fully saturated rings. The molecule has 2 aromatic rings. The van der Waals surface area contributed by atoms with Gasteiger partial charge in [0.15, 0.2) is 0 Å². The molecular formula is C19H21ClN2O4. The SMILES string of the molecule is CCCCCCOc1ccc(C(=O)Nc2ccc(Cl)c([N+](=O)[O-])c2)cc1. The van der Waals surface area contributed by atoms with Crippen LogP contribution in [0.1, 0.15) is 43.0 Å². The number of carbonyl (C=O) groups excluding carboxylic acids is 1. The van der Waals surface area contributed by atoms with E-state index in [2.05, 4.69) is 12.2 Å². The summed E-state index contributed by atoms with van der Waals surface area (Å²) >= 11 is 5.76. The van der Waals surface area contributed by atoms with Gasteiger partial charge >= 0.3 is 0 Å². The summed E-state index contributed by atoms with van der Waals surface area (Å²) in [5, 5.41) is 13.6. The molecule has 0 radical (unpaired) electrons. The third kappa shape index (κ3) is 5.74. The van der Waals surface area contributed by atoms with Crippen LogP contribution in [0.15, 0.2) is 42.5 Å². The molecule has 138 valence electrons. The number of nitro groups is 1. The van der Waals surface area contributed by atoms with Gasteiger partial charge in [-0.15, -0.1) is 0 Å². The lowest BCUT2D eigenvalue weighted by Crippen LogP contribution is -2.12. The topological polar surface area (TPSA) is 81.5 Å². The third-order valence-corrected chi connectivity index (χ3v) is 4.10. The molecule has 6 nitrogen and oxygen atoms in total. The van der Waals surface area contributed by atoms with E-state index in [1.54, 1.807) is 24.3 Å². The number of benzene rings is 2. The Balaban J connectivity index is 1.93. The van der Waals surface area contributed by atoms with E-state index in [9.17, 15) is 14.9 Å². The molecule has 0 aliphatic heterocycles. The highest BCUT2D eigenvalue weighted by Crippen LogP contribution is 2.27. The van der Waals surface area contributed by atoms with Crippen molar-refractivity contribution in [3.63, 3.8) is 0 Å². The lowest BCUT2D eigenvalue weighted by Gasteiger charge is -2.08. The molecule has 0 spiro atoms. The molecule has 1 amide bonds. The van der Waals surface area contributed by atoms with Crippen molar-refractivity contribution >= 4 is 28.9 Å². The molecule has 0 aliphatic rings. The highest BCUT2D eigenvalue weighted by atomic mass is 35.5. The molecular weight excluding hydrogens is 356 g/mol. The second-order valence-electron chi connectivity index (χ2n) is 5.81. The molecule has 0 unspecified atom stereocenters. The fourth-order valence-electron chi connectivity index (χ4n) is 2.35. The van der Waals surface area contributed by atoms with Gasteiger partial charge in [0, 0.05) is 17.3 Å². The first-order chi connectivity index (χ1) is 12.5. The minimum absolute atomic E-state index is 0.0217. The average molecular weight is 377 g/mol. The van der Waals surface area contributed by atoms with E-state index in [1.165, 1.54) is 31.0 Å². The first-order valence-electron chi connectivity index (χ1n) is 8.49. The smallest absolute Gasteiger partial charge is 0.289 e. The molecule has 0 bridgehead atoms. The Morgan fingerprint density at radius 2 is 1.88 bits per heavy atom. The summed E-state index contributed by atoms with van der Waals surface area (Å²) in [7, 11) is 0. The fraction of sp³-hybridized carbons (Fsp3) is 0.316. The van der Waals surface area contributed by atoms with Gasteiger partial charge in [-0.2, -0.15) is 0 Å². The van der Waals surface area contributed by atoms with E-state index >= 15 is 0 Å². The number of hydrogen-bond donors (Lipinski definition) is 1. The van der Waals surface area contributed by atoms with Gasteiger partial charge < -0.3 is 10.1 Å². The Kier molecular flexibility index (Phi) is 7.41. The van der Waals surface area contributed by atoms with Gasteiger partial charge in [-0.25, -0.2) is 0 Å². The van der Waals surface area contributed by atoms with Crippen molar-refractivity contribution < 1.29 is 14.5 Å². The van der Waals surface area contributed by atoms with E-state index in [4.69, 9.17) is 16.3 Å². The number of nitrogens with one attached hydrogen (secondary N) is 1. The van der Waals surface area contributed by atoms with Gasteiger partial charge in [-0.1, -0.05) is 37.8 Å². The van der Waals surface area contributed by atoms with Crippen molar-refractivity contribution in [2.45, 2.75) is 32.6 Å². The third-order valence-electron chi connectivity index (χ3n) is 3.78. The molecule has 0 saturated carbocycles. The summed E-state index contributed by atoms with van der Waals surface area (Å²) in [6, 6.07) is 10.9. The molecule has 0 heterocycles. The number of hydrogen-bond acceptors (Lipinski definition) is 4. The van der Waals surface area contributed by atoms with Gasteiger partial charge in [-0.05, 0) is 42.8 Å². The fourth-order valence-corrected chi connectivity index (χ4v) is 2.54. The maximum Gasteiger partial charge on any atom is 0.289 e. The summed E-state index contributed by atoms with van der Waals surface area (Å²) in [5.74, 6) is 0.344. The summed E-state index contributed by atoms with van der Waals surface area (Å²) < 4.78 is 5.64. The van der Waals surface area contributed by atoms with Crippen molar-refractivity contribution in [2.75, 3.05) is 11.9 Å². The number of nitrogens with zero attached hydrogens (tertiary/aromatic N) is 1. The molecule has 0 atom stereocenters. The van der Waals surface area contributed by atoms with Crippen LogP contribution in [0.4, 0.5) is 11.4 Å². The Bertz CT molecular complexity index is 763. The summed E-state index contributed by atoms with van der Waals surface area (Å²) in [6.45, 7) is 2.81. The first kappa shape index (κ1) is 19.7. The van der Waals surface area contributed by atoms with E-state index in [0.29, 0.717) is 23.6 Å². The molecule has 2 rings (SSSR count). The molecule has 0 aliphatic carbocycles. The van der Waals surface area contributed by atoms with E-state index in [-0.39, 0.29) is 16.6 Å². The number of nitro benzene ring substituents is 1. The predicted octanol–water partition coefficient (Wildman–Crippen LogP) is 5.46. The lowest BCUT2D eigenvalue weighted by atomic mass is 10.2. The number of carbonyl (C=O) groups is 1. The van der Waals surface area contributed by atoms with Crippen LogP contribution in [0, 0.1) is 10.1 Å². The Hall–Kier alpha value is -2.60. The van der Waals surface area contributed by atoms with Gasteiger partial charge in [0.2, 0.25) is 0 Å². The van der Waals surface area contributed by atoms with Crippen molar-refractivity contribution in [1.29, 1.82) is 0 Å². The van der Waals surface area contributed by atoms with Crippen molar-refractivity contribution in [3.8, 4) is 5.75 Å². The highest BCUT2D eigenvalue weighted by molar-refractivity contribution is 6.32. The van der Waals surface area contributed by atoms with Crippen LogP contribution in [-0.4, -0.2) is 17.4 Å². The van der Waals surface area contributed by atoms with Gasteiger partial charge in [0.25, 0.3) is 11.6 Å². The van der Waals surface area contributed by atoms with Crippen molar-refractivity contribution in [3.05, 3.63) is 63.2 Å². The maximum atomic E-state index is 12.3. The minimum atomic E-state index is -0.593. The van der Waals surface area contributed by atoms with E-state index in [1.807, 2.05) is 0 Å². The predicted molar refractivity (Wildman–Crippen MR) is 102 cm³/mol. The monoisotopic (exact) mass is 376 g/mol. The first-order valence-corrected chi connectivity index (χ1v) is 8.87. The molecule has 2 aromatic carbocycles. The van der Waals surface area contributed by atoms with Crippen LogP contribution >= 0.6 is 11.6 Å². The lowest BCUT2D eigenvalue weighted by molar-refractivity contribution is -0.384. The van der Waals surface area contributed by atoms with Crippen LogP contribution < -0.4 is 10.1 Å². The van der Waals surface area contributed by atoms with Crippen LogP contribution in [0.25, 0.3) is 0 Å². The highest BCUT2D eigenvalue weighted by Gasteiger charge is 2.14. The van der Waals surface area contributed by atoms with Crippen molar-refractivity contribution in [2.24, 2.45) is 0 Å². The number of halogens is 1. The maximum absolute atomic E-state index is 12.3. The normalized spacial score (nSPS) is 10.4. The van der Waals surface area contributed by atoms with E-state index in [0.717, 1.165) is 12.8 Å². The number of anilines is 1. The number of rotatable bonds is 9. The van der Waals surface area contributed by atoms with Crippen LogP contribution in [-0.2, 0) is 0 Å². The van der Waals surface area contributed by atoms with Crippen molar-refractivity contribution in [1.82, 2.24) is 0 Å². The zero-order chi connectivity index (χ0) is 18.9. The second-order valence-corrected chi connectivity index (χ2v) is 6.22. The Morgan fingerprint density at radius 1 is 1.15 bits per heavy atom. The van der Waals surface area contributed by atoms with Gasteiger partial charge in [0.1, 0.15) is 10.8 Å². The zero-order valence-corrected chi connectivity index (χ0v) is 15.3. The van der Waals surface area contributed by atoms with Crippen LogP contribution in [0.5, 0.6) is 5.75 Å². The quantitative estimate of drug-likeness (QED) is 0.358. The molecule has 1 N–H and O–H groups in total. The minimum Gasteiger partial charge on any atom is -0.494 e. The van der Waals surface area contributed by atoms with Gasteiger partial charge in [-0.3, -0.25) is 14.9 Å². The largest absolute Gasteiger partial charge is 0.494 e. The average Bonchev–Trinajstić information content (AvgIpc) is 2.63. The Morgan fingerprint density at radius 3 is 2.54 bits per heavy atom. The summed E-state index contributed by atoms with van der Waals surface area (Å²) in [5.41, 5.74) is 0.486. The van der Waals surface area contributed by atoms with Crippen LogP contribution in [0.2, 0.25) is 5.02 Å². The van der Waals surface area contributed by atoms with Crippen LogP contribution in [0.3, 0.4) is 0 Å². The molecule has 0 aromatic heterocycles. The standard InChI is InChI=1S/C19H21ClN2O4/c1-2-3-4-5-12-26-16-9-6-14(7-10-16)19(23)21-15-8-11-17(20)18(13-15)22(24)25/h6-11,13H,2-5,12H2,1H3,(H,21,23). The number of ether oxygens (including phenoxy) is 1. The number of amides is 1. The zero-order valence-electron chi connectivity index (χ0n) is 14.5. The van der Waals surface area contributed by atoms with Gasteiger partial charge in [0.05, 0.1) is 11.5 Å².